The summed E-state index contributed by atoms with van der Waals surface area (Å²) in [5.41, 5.74) is 0. The molecule has 1 fully saturated rings. The van der Waals surface area contributed by atoms with Gasteiger partial charge in [-0.1, -0.05) is 0 Å². The van der Waals surface area contributed by atoms with Gasteiger partial charge >= 0.3 is 52.7 Å². The van der Waals surface area contributed by atoms with Crippen molar-refractivity contribution >= 4 is 22.1 Å². The summed E-state index contributed by atoms with van der Waals surface area (Å²) in [5.74, 6) is -13.5. The van der Waals surface area contributed by atoms with Crippen molar-refractivity contribution < 1.29 is 79.2 Å². The summed E-state index contributed by atoms with van der Waals surface area (Å²) < 4.78 is 94.8. The molecule has 0 spiro atoms. The van der Waals surface area contributed by atoms with Crippen LogP contribution in [0.25, 0.3) is 0 Å². The maximum Gasteiger partial charge on any atom is 1.00 e. The van der Waals surface area contributed by atoms with Gasteiger partial charge in [-0.15, -0.1) is 0 Å². The zero-order valence-corrected chi connectivity index (χ0v) is 15.7. The zero-order chi connectivity index (χ0) is 18.2. The first kappa shape index (κ1) is 23.6. The molecule has 0 radical (unpaired) electrons. The van der Waals surface area contributed by atoms with E-state index in [1.54, 1.807) is 0 Å². The molecule has 24 heavy (non-hydrogen) atoms. The van der Waals surface area contributed by atoms with Crippen LogP contribution in [0.2, 0.25) is 0 Å². The Morgan fingerprint density at radius 3 is 1.88 bits per heavy atom. The van der Waals surface area contributed by atoms with E-state index in [0.717, 1.165) is 14.2 Å². The molecule has 1 aliphatic carbocycles. The molecule has 1 saturated carbocycles. The van der Waals surface area contributed by atoms with Gasteiger partial charge in [0.05, 0.1) is 26.1 Å². The molecular weight excluding hydrogens is 375 g/mol. The van der Waals surface area contributed by atoms with Crippen LogP contribution >= 0.6 is 0 Å². The summed E-state index contributed by atoms with van der Waals surface area (Å²) in [6.45, 7) is 0. The first-order chi connectivity index (χ1) is 10.3. The molecule has 3 atom stereocenters. The van der Waals surface area contributed by atoms with Crippen molar-refractivity contribution in [1.82, 2.24) is 0 Å². The molecule has 1 aliphatic rings. The van der Waals surface area contributed by atoms with E-state index in [4.69, 9.17) is 0 Å². The first-order valence-corrected chi connectivity index (χ1v) is 7.58. The van der Waals surface area contributed by atoms with E-state index in [-0.39, 0.29) is 29.6 Å². The third-order valence-electron chi connectivity index (χ3n) is 3.77. The molecule has 1 rings (SSSR count). The van der Waals surface area contributed by atoms with Gasteiger partial charge < -0.3 is 14.0 Å². The molecule has 134 valence electrons. The molecule has 0 N–H and O–H groups in total. The molecule has 0 aliphatic heterocycles. The number of ether oxygens (including phenoxy) is 2. The summed E-state index contributed by atoms with van der Waals surface area (Å²) in [6.07, 6.45) is -1.54. The fraction of sp³-hybridized carbons (Fsp3) is 0.818. The molecule has 0 amide bonds. The second-order valence-corrected chi connectivity index (χ2v) is 6.44. The Morgan fingerprint density at radius 1 is 1.04 bits per heavy atom. The molecular formula is C11H13F4NaO7S. The van der Waals surface area contributed by atoms with Gasteiger partial charge in [0.15, 0.2) is 10.1 Å². The van der Waals surface area contributed by atoms with E-state index >= 15 is 0 Å². The number of hydrogen-bond donors (Lipinski definition) is 0. The average molecular weight is 388 g/mol. The van der Waals surface area contributed by atoms with E-state index in [9.17, 15) is 40.1 Å². The summed E-state index contributed by atoms with van der Waals surface area (Å²) in [7, 11) is -4.96. The second-order valence-electron chi connectivity index (χ2n) is 5.02. The maximum absolute atomic E-state index is 14.0. The van der Waals surface area contributed by atoms with Crippen molar-refractivity contribution in [2.75, 3.05) is 14.2 Å². The fourth-order valence-corrected chi connectivity index (χ4v) is 3.08. The molecule has 0 aromatic carbocycles. The van der Waals surface area contributed by atoms with E-state index < -0.39 is 63.8 Å². The molecule has 0 bridgehead atoms. The van der Waals surface area contributed by atoms with Crippen molar-refractivity contribution in [3.8, 4) is 0 Å². The largest absolute Gasteiger partial charge is 1.00 e. The minimum Gasteiger partial charge on any atom is -0.743 e. The zero-order valence-electron chi connectivity index (χ0n) is 12.9. The number of hydrogen-bond acceptors (Lipinski definition) is 7. The van der Waals surface area contributed by atoms with Crippen LogP contribution in [0.5, 0.6) is 0 Å². The van der Waals surface area contributed by atoms with Crippen LogP contribution in [0.4, 0.5) is 17.6 Å². The van der Waals surface area contributed by atoms with Crippen LogP contribution in [0, 0.1) is 17.8 Å². The number of alkyl halides is 4. The smallest absolute Gasteiger partial charge is 0.743 e. The second kappa shape index (κ2) is 7.85. The van der Waals surface area contributed by atoms with Crippen molar-refractivity contribution in [2.24, 2.45) is 17.8 Å². The van der Waals surface area contributed by atoms with Gasteiger partial charge in [-0.2, -0.15) is 17.6 Å². The normalized spacial score (nSPS) is 24.9. The Balaban J connectivity index is 0.00000529. The van der Waals surface area contributed by atoms with Crippen LogP contribution < -0.4 is 29.6 Å². The van der Waals surface area contributed by atoms with E-state index in [0.29, 0.717) is 0 Å². The predicted molar refractivity (Wildman–Crippen MR) is 63.3 cm³/mol. The summed E-state index contributed by atoms with van der Waals surface area (Å²) >= 11 is 0. The molecule has 7 nitrogen and oxygen atoms in total. The number of rotatable bonds is 5. The van der Waals surface area contributed by atoms with Crippen LogP contribution in [0.3, 0.4) is 0 Å². The fourth-order valence-electron chi connectivity index (χ4n) is 2.59. The molecule has 1 unspecified atom stereocenters. The molecule has 0 saturated heterocycles. The summed E-state index contributed by atoms with van der Waals surface area (Å²) in [4.78, 5) is 22.9. The Kier molecular flexibility index (Phi) is 7.71. The van der Waals surface area contributed by atoms with Crippen LogP contribution in [-0.4, -0.2) is 50.3 Å². The Morgan fingerprint density at radius 2 is 1.50 bits per heavy atom. The van der Waals surface area contributed by atoms with Crippen LogP contribution in [-0.2, 0) is 29.2 Å². The SMILES string of the molecule is COC(=O)[C@H]1CC(C(F)(F)C(F)(F)S(=O)(=O)[O-])[C@@H](C(=O)OC)C1.[Na+]. The molecule has 0 heterocycles. The average Bonchev–Trinajstić information content (AvgIpc) is 2.89. The van der Waals surface area contributed by atoms with Crippen molar-refractivity contribution in [3.05, 3.63) is 0 Å². The van der Waals surface area contributed by atoms with E-state index in [1.807, 2.05) is 0 Å². The van der Waals surface area contributed by atoms with Gasteiger partial charge in [0.2, 0.25) is 0 Å². The molecule has 13 heteroatoms. The summed E-state index contributed by atoms with van der Waals surface area (Å²) in [5, 5.41) is -5.94. The summed E-state index contributed by atoms with van der Waals surface area (Å²) in [6, 6.07) is 0. The predicted octanol–water partition coefficient (Wildman–Crippen LogP) is -2.25. The van der Waals surface area contributed by atoms with Gasteiger partial charge in [0, 0.05) is 5.92 Å². The Labute approximate surface area is 157 Å². The van der Waals surface area contributed by atoms with Crippen molar-refractivity contribution in [1.29, 1.82) is 0 Å². The Hall–Kier alpha value is -0.430. The van der Waals surface area contributed by atoms with Gasteiger partial charge in [-0.3, -0.25) is 9.59 Å². The number of carbonyl (C=O) groups is 2. The van der Waals surface area contributed by atoms with Gasteiger partial charge in [0.1, 0.15) is 0 Å². The Bertz CT molecular complexity index is 595. The number of carbonyl (C=O) groups excluding carboxylic acids is 2. The van der Waals surface area contributed by atoms with Crippen molar-refractivity contribution in [3.63, 3.8) is 0 Å². The number of methoxy groups -OCH3 is 2. The standard InChI is InChI=1S/C11H14F4O7S.Na/c1-21-8(16)5-3-6(9(17)22-2)7(4-5)10(12,13)11(14,15)23(18,19)20;/h5-7H,3-4H2,1-2H3,(H,18,19,20);/q;+1/p-1/t5-,6+,7?;/m1./s1. The monoisotopic (exact) mass is 388 g/mol. The third-order valence-corrected chi connectivity index (χ3v) is 4.67. The topological polar surface area (TPSA) is 110 Å². The van der Waals surface area contributed by atoms with Crippen LogP contribution in [0.15, 0.2) is 0 Å². The van der Waals surface area contributed by atoms with Gasteiger partial charge in [0.25, 0.3) is 0 Å². The third kappa shape index (κ3) is 4.03. The quantitative estimate of drug-likeness (QED) is 0.227. The molecule has 0 aromatic heterocycles. The van der Waals surface area contributed by atoms with Gasteiger partial charge in [-0.05, 0) is 12.8 Å². The van der Waals surface area contributed by atoms with Crippen LogP contribution in [0.1, 0.15) is 12.8 Å². The number of halogens is 4. The molecule has 0 aromatic rings. The van der Waals surface area contributed by atoms with Gasteiger partial charge in [-0.25, -0.2) is 8.42 Å². The van der Waals surface area contributed by atoms with E-state index in [2.05, 4.69) is 9.47 Å². The van der Waals surface area contributed by atoms with Crippen molar-refractivity contribution in [2.45, 2.75) is 24.0 Å². The first-order valence-electron chi connectivity index (χ1n) is 6.18. The number of esters is 2. The minimum absolute atomic E-state index is 0. The van der Waals surface area contributed by atoms with E-state index in [1.165, 1.54) is 0 Å². The maximum atomic E-state index is 14.0. The minimum atomic E-state index is -6.70.